The highest BCUT2D eigenvalue weighted by atomic mass is 32.2. The highest BCUT2D eigenvalue weighted by Gasteiger charge is 2.33. The van der Waals surface area contributed by atoms with Crippen molar-refractivity contribution in [1.82, 2.24) is 10.2 Å². The third-order valence-electron chi connectivity index (χ3n) is 5.78. The van der Waals surface area contributed by atoms with Crippen LogP contribution in [0.1, 0.15) is 16.7 Å². The van der Waals surface area contributed by atoms with Gasteiger partial charge in [0.15, 0.2) is 0 Å². The number of halogens is 1. The van der Waals surface area contributed by atoms with Gasteiger partial charge in [0.05, 0.1) is 11.9 Å². The van der Waals surface area contributed by atoms with Crippen LogP contribution in [0, 0.1) is 12.7 Å². The minimum absolute atomic E-state index is 0.171. The molecule has 0 fully saturated rings. The monoisotopic (exact) mass is 511 g/mol. The topological polar surface area (TPSA) is 86.8 Å². The Morgan fingerprint density at radius 3 is 2.25 bits per heavy atom. The first-order valence-electron chi connectivity index (χ1n) is 11.4. The maximum Gasteiger partial charge on any atom is 0.244 e. The van der Waals surface area contributed by atoms with Crippen molar-refractivity contribution < 1.29 is 22.4 Å². The molecule has 0 spiro atoms. The molecule has 0 aliphatic rings. The SMILES string of the molecule is CNC(=O)[C@H](Cc1ccccc1)N(Cc1ccccc1F)C(=O)CN(c1cccc(C)c1)S(C)(=O)=O. The lowest BCUT2D eigenvalue weighted by Crippen LogP contribution is -2.53. The predicted molar refractivity (Wildman–Crippen MR) is 138 cm³/mol. The lowest BCUT2D eigenvalue weighted by Gasteiger charge is -2.33. The van der Waals surface area contributed by atoms with Gasteiger partial charge in [0, 0.05) is 25.6 Å². The van der Waals surface area contributed by atoms with Crippen molar-refractivity contribution in [3.8, 4) is 0 Å². The molecular formula is C27H30FN3O4S. The summed E-state index contributed by atoms with van der Waals surface area (Å²) in [7, 11) is -2.38. The highest BCUT2D eigenvalue weighted by Crippen LogP contribution is 2.21. The van der Waals surface area contributed by atoms with Crippen molar-refractivity contribution in [3.05, 3.63) is 101 Å². The van der Waals surface area contributed by atoms with Crippen molar-refractivity contribution in [1.29, 1.82) is 0 Å². The van der Waals surface area contributed by atoms with E-state index < -0.39 is 40.2 Å². The predicted octanol–water partition coefficient (Wildman–Crippen LogP) is 3.29. The minimum Gasteiger partial charge on any atom is -0.357 e. The maximum absolute atomic E-state index is 14.6. The first-order valence-corrected chi connectivity index (χ1v) is 13.3. The molecule has 7 nitrogen and oxygen atoms in total. The number of nitrogens with zero attached hydrogens (tertiary/aromatic N) is 2. The normalized spacial score (nSPS) is 12.0. The fourth-order valence-electron chi connectivity index (χ4n) is 3.93. The fraction of sp³-hybridized carbons (Fsp3) is 0.259. The summed E-state index contributed by atoms with van der Waals surface area (Å²) in [6, 6.07) is 20.9. The van der Waals surface area contributed by atoms with Crippen LogP contribution < -0.4 is 9.62 Å². The molecule has 1 N–H and O–H groups in total. The minimum atomic E-state index is -3.84. The van der Waals surface area contributed by atoms with Crippen molar-refractivity contribution in [3.63, 3.8) is 0 Å². The second-order valence-corrected chi connectivity index (χ2v) is 10.4. The Labute approximate surface area is 211 Å². The molecule has 9 heteroatoms. The third-order valence-corrected chi connectivity index (χ3v) is 6.93. The summed E-state index contributed by atoms with van der Waals surface area (Å²) in [6.45, 7) is 1.07. The molecule has 0 saturated heterocycles. The Balaban J connectivity index is 2.04. The number of aryl methyl sites for hydroxylation is 1. The molecule has 0 aromatic heterocycles. The van der Waals surface area contributed by atoms with E-state index in [1.54, 1.807) is 24.3 Å². The van der Waals surface area contributed by atoms with Gasteiger partial charge in [-0.25, -0.2) is 12.8 Å². The number of likely N-dealkylation sites (N-methyl/N-ethyl adjacent to an activating group) is 1. The zero-order chi connectivity index (χ0) is 26.3. The maximum atomic E-state index is 14.6. The number of benzene rings is 3. The molecule has 3 aromatic carbocycles. The molecule has 1 atom stereocenters. The highest BCUT2D eigenvalue weighted by molar-refractivity contribution is 7.92. The molecule has 3 rings (SSSR count). The molecular weight excluding hydrogens is 481 g/mol. The first-order chi connectivity index (χ1) is 17.1. The molecule has 0 aliphatic heterocycles. The van der Waals surface area contributed by atoms with Gasteiger partial charge >= 0.3 is 0 Å². The molecule has 0 radical (unpaired) electrons. The summed E-state index contributed by atoms with van der Waals surface area (Å²) >= 11 is 0. The largest absolute Gasteiger partial charge is 0.357 e. The van der Waals surface area contributed by atoms with Crippen molar-refractivity contribution >= 4 is 27.5 Å². The van der Waals surface area contributed by atoms with E-state index in [9.17, 15) is 22.4 Å². The average Bonchev–Trinajstić information content (AvgIpc) is 2.85. The Morgan fingerprint density at radius 1 is 0.972 bits per heavy atom. The van der Waals surface area contributed by atoms with Crippen LogP contribution in [0.5, 0.6) is 0 Å². The van der Waals surface area contributed by atoms with Crippen molar-refractivity contribution in [2.75, 3.05) is 24.2 Å². The number of hydrogen-bond donors (Lipinski definition) is 1. The van der Waals surface area contributed by atoms with E-state index in [0.29, 0.717) is 5.69 Å². The summed E-state index contributed by atoms with van der Waals surface area (Å²) in [5.41, 5.74) is 2.17. The zero-order valence-corrected chi connectivity index (χ0v) is 21.3. The van der Waals surface area contributed by atoms with Crippen LogP contribution in [-0.2, 0) is 32.6 Å². The van der Waals surface area contributed by atoms with Crippen LogP contribution >= 0.6 is 0 Å². The van der Waals surface area contributed by atoms with E-state index in [0.717, 1.165) is 21.7 Å². The second kappa shape index (κ2) is 11.8. The van der Waals surface area contributed by atoms with Gasteiger partial charge < -0.3 is 10.2 Å². The molecule has 3 aromatic rings. The number of carbonyl (C=O) groups is 2. The van der Waals surface area contributed by atoms with Crippen LogP contribution in [0.25, 0.3) is 0 Å². The van der Waals surface area contributed by atoms with Gasteiger partial charge in [-0.3, -0.25) is 13.9 Å². The molecule has 0 saturated carbocycles. The van der Waals surface area contributed by atoms with Crippen LogP contribution in [0.15, 0.2) is 78.9 Å². The van der Waals surface area contributed by atoms with E-state index in [1.807, 2.05) is 43.3 Å². The molecule has 0 bridgehead atoms. The van der Waals surface area contributed by atoms with E-state index in [1.165, 1.54) is 30.1 Å². The van der Waals surface area contributed by atoms with E-state index in [4.69, 9.17) is 0 Å². The van der Waals surface area contributed by atoms with Gasteiger partial charge in [-0.15, -0.1) is 0 Å². The average molecular weight is 512 g/mol. The number of anilines is 1. The lowest BCUT2D eigenvalue weighted by atomic mass is 10.0. The number of rotatable bonds is 10. The molecule has 0 aliphatic carbocycles. The van der Waals surface area contributed by atoms with Crippen LogP contribution in [0.2, 0.25) is 0 Å². The second-order valence-electron chi connectivity index (χ2n) is 8.54. The number of sulfonamides is 1. The molecule has 36 heavy (non-hydrogen) atoms. The number of carbonyl (C=O) groups excluding carboxylic acids is 2. The number of nitrogens with one attached hydrogen (secondary N) is 1. The smallest absolute Gasteiger partial charge is 0.244 e. The van der Waals surface area contributed by atoms with Crippen molar-refractivity contribution in [2.45, 2.75) is 25.9 Å². The van der Waals surface area contributed by atoms with Crippen molar-refractivity contribution in [2.24, 2.45) is 0 Å². The Hall–Kier alpha value is -3.72. The molecule has 2 amide bonds. The van der Waals surface area contributed by atoms with Crippen LogP contribution in [-0.4, -0.2) is 51.0 Å². The standard InChI is InChI=1S/C27H30FN3O4S/c1-20-10-9-14-23(16-20)31(36(3,34)35)19-26(32)30(18-22-13-7-8-15-24(22)28)25(27(33)29-2)17-21-11-5-4-6-12-21/h4-16,25H,17-19H2,1-3H3,(H,29,33)/t25-/m0/s1. The van der Waals surface area contributed by atoms with Gasteiger partial charge in [0.2, 0.25) is 21.8 Å². The fourth-order valence-corrected chi connectivity index (χ4v) is 4.77. The Morgan fingerprint density at radius 2 is 1.64 bits per heavy atom. The molecule has 0 unspecified atom stereocenters. The first kappa shape index (κ1) is 26.9. The summed E-state index contributed by atoms with van der Waals surface area (Å²) in [5.74, 6) is -1.59. The van der Waals surface area contributed by atoms with Gasteiger partial charge in [-0.2, -0.15) is 0 Å². The summed E-state index contributed by atoms with van der Waals surface area (Å²) in [4.78, 5) is 28.0. The van der Waals surface area contributed by atoms with E-state index >= 15 is 0 Å². The number of amides is 2. The van der Waals surface area contributed by atoms with Gasteiger partial charge in [-0.05, 0) is 36.2 Å². The third kappa shape index (κ3) is 6.91. The summed E-state index contributed by atoms with van der Waals surface area (Å²) in [5, 5.41) is 2.59. The number of hydrogen-bond acceptors (Lipinski definition) is 4. The van der Waals surface area contributed by atoms with Gasteiger partial charge in [-0.1, -0.05) is 60.7 Å². The Kier molecular flexibility index (Phi) is 8.82. The van der Waals surface area contributed by atoms with Crippen LogP contribution in [0.3, 0.4) is 0 Å². The van der Waals surface area contributed by atoms with Gasteiger partial charge in [0.1, 0.15) is 18.4 Å². The quantitative estimate of drug-likeness (QED) is 0.453. The van der Waals surface area contributed by atoms with E-state index in [2.05, 4.69) is 5.32 Å². The molecule has 0 heterocycles. The molecule has 190 valence electrons. The van der Waals surface area contributed by atoms with Gasteiger partial charge in [0.25, 0.3) is 0 Å². The zero-order valence-electron chi connectivity index (χ0n) is 20.5. The van der Waals surface area contributed by atoms with Crippen LogP contribution in [0.4, 0.5) is 10.1 Å². The summed E-state index contributed by atoms with van der Waals surface area (Å²) in [6.07, 6.45) is 1.19. The summed E-state index contributed by atoms with van der Waals surface area (Å²) < 4.78 is 41.0. The Bertz CT molecular complexity index is 1320. The van der Waals surface area contributed by atoms with E-state index in [-0.39, 0.29) is 18.5 Å². The lowest BCUT2D eigenvalue weighted by molar-refractivity contribution is -0.139.